The molecule has 2 heterocycles. The number of halogens is 1. The van der Waals surface area contributed by atoms with Gasteiger partial charge in [-0.25, -0.2) is 9.97 Å². The van der Waals surface area contributed by atoms with E-state index in [1.54, 1.807) is 11.8 Å². The standard InChI is InChI=1S/C11H14ClN3OS2/c1-6(8(5-16)17-2)13-9-7-3-4-18-10(7)15-11(12)14-9/h3-4,6,8,16H,5H2,1-2H3,(H,13,14,15). The fraction of sp³-hybridized carbons (Fsp3) is 0.455. The number of nitrogens with one attached hydrogen (secondary N) is 1. The fourth-order valence-electron chi connectivity index (χ4n) is 1.68. The second kappa shape index (κ2) is 6.06. The molecular weight excluding hydrogens is 290 g/mol. The Bertz CT molecular complexity index is 530. The summed E-state index contributed by atoms with van der Waals surface area (Å²) in [5.74, 6) is 0.728. The summed E-state index contributed by atoms with van der Waals surface area (Å²) in [5, 5.41) is 15.9. The van der Waals surface area contributed by atoms with Gasteiger partial charge in [-0.1, -0.05) is 0 Å². The highest BCUT2D eigenvalue weighted by atomic mass is 35.5. The van der Waals surface area contributed by atoms with Crippen molar-refractivity contribution in [2.24, 2.45) is 0 Å². The van der Waals surface area contributed by atoms with Gasteiger partial charge in [0.1, 0.15) is 10.6 Å². The molecule has 2 aromatic rings. The van der Waals surface area contributed by atoms with Crippen molar-refractivity contribution in [1.29, 1.82) is 0 Å². The van der Waals surface area contributed by atoms with Gasteiger partial charge in [-0.15, -0.1) is 11.3 Å². The van der Waals surface area contributed by atoms with Crippen molar-refractivity contribution in [2.45, 2.75) is 18.2 Å². The Morgan fingerprint density at radius 1 is 1.56 bits per heavy atom. The van der Waals surface area contributed by atoms with Gasteiger partial charge >= 0.3 is 0 Å². The smallest absolute Gasteiger partial charge is 0.225 e. The summed E-state index contributed by atoms with van der Waals surface area (Å²) in [6.45, 7) is 2.15. The van der Waals surface area contributed by atoms with Crippen LogP contribution in [0.4, 0.5) is 5.82 Å². The first-order chi connectivity index (χ1) is 8.65. The van der Waals surface area contributed by atoms with Gasteiger partial charge in [0.25, 0.3) is 0 Å². The second-order valence-electron chi connectivity index (χ2n) is 3.87. The third-order valence-corrected chi connectivity index (χ3v) is 4.84. The molecule has 0 amide bonds. The number of anilines is 1. The lowest BCUT2D eigenvalue weighted by atomic mass is 10.2. The first-order valence-corrected chi connectivity index (χ1v) is 8.01. The van der Waals surface area contributed by atoms with Crippen molar-refractivity contribution in [3.8, 4) is 0 Å². The molecule has 0 bridgehead atoms. The fourth-order valence-corrected chi connectivity index (χ4v) is 3.29. The van der Waals surface area contributed by atoms with Gasteiger partial charge in [0.2, 0.25) is 5.28 Å². The maximum absolute atomic E-state index is 9.28. The topological polar surface area (TPSA) is 58.0 Å². The Balaban J connectivity index is 2.28. The van der Waals surface area contributed by atoms with E-state index in [1.807, 2.05) is 24.6 Å². The number of fused-ring (bicyclic) bond motifs is 1. The largest absolute Gasteiger partial charge is 0.395 e. The lowest BCUT2D eigenvalue weighted by Crippen LogP contribution is -2.31. The van der Waals surface area contributed by atoms with Crippen LogP contribution in [0.3, 0.4) is 0 Å². The molecule has 18 heavy (non-hydrogen) atoms. The number of hydrogen-bond acceptors (Lipinski definition) is 6. The van der Waals surface area contributed by atoms with Crippen LogP contribution in [0.1, 0.15) is 6.92 Å². The number of rotatable bonds is 5. The number of thioether (sulfide) groups is 1. The Morgan fingerprint density at radius 3 is 3.00 bits per heavy atom. The number of hydrogen-bond donors (Lipinski definition) is 2. The zero-order valence-electron chi connectivity index (χ0n) is 10.1. The molecule has 7 heteroatoms. The molecule has 2 aromatic heterocycles. The van der Waals surface area contributed by atoms with Crippen LogP contribution in [-0.2, 0) is 0 Å². The molecule has 0 radical (unpaired) electrons. The van der Waals surface area contributed by atoms with E-state index >= 15 is 0 Å². The molecule has 0 aromatic carbocycles. The molecule has 0 aliphatic rings. The number of thiophene rings is 1. The molecule has 98 valence electrons. The van der Waals surface area contributed by atoms with Gasteiger partial charge in [-0.05, 0) is 36.2 Å². The van der Waals surface area contributed by atoms with Crippen LogP contribution >= 0.6 is 34.7 Å². The van der Waals surface area contributed by atoms with Crippen LogP contribution in [-0.4, -0.2) is 39.2 Å². The molecule has 0 saturated heterocycles. The van der Waals surface area contributed by atoms with E-state index in [0.29, 0.717) is 0 Å². The summed E-state index contributed by atoms with van der Waals surface area (Å²) in [4.78, 5) is 9.26. The van der Waals surface area contributed by atoms with Crippen LogP contribution < -0.4 is 5.32 Å². The van der Waals surface area contributed by atoms with Gasteiger partial charge in [0.05, 0.1) is 12.0 Å². The van der Waals surface area contributed by atoms with Crippen molar-refractivity contribution in [3.05, 3.63) is 16.7 Å². The summed E-state index contributed by atoms with van der Waals surface area (Å²) in [5.41, 5.74) is 0. The van der Waals surface area contributed by atoms with Crippen LogP contribution in [0.5, 0.6) is 0 Å². The third-order valence-electron chi connectivity index (χ3n) is 2.70. The van der Waals surface area contributed by atoms with E-state index in [9.17, 15) is 5.11 Å². The van der Waals surface area contributed by atoms with E-state index < -0.39 is 0 Å². The van der Waals surface area contributed by atoms with Crippen LogP contribution in [0.15, 0.2) is 11.4 Å². The van der Waals surface area contributed by atoms with E-state index in [2.05, 4.69) is 15.3 Å². The summed E-state index contributed by atoms with van der Waals surface area (Å²) in [7, 11) is 0. The predicted octanol–water partition coefficient (Wildman–Crippen LogP) is 2.87. The highest BCUT2D eigenvalue weighted by Gasteiger charge is 2.17. The number of aromatic nitrogens is 2. The Morgan fingerprint density at radius 2 is 2.33 bits per heavy atom. The van der Waals surface area contributed by atoms with Gasteiger partial charge in [-0.3, -0.25) is 0 Å². The zero-order valence-corrected chi connectivity index (χ0v) is 12.4. The van der Waals surface area contributed by atoms with Gasteiger partial charge in [0.15, 0.2) is 0 Å². The molecule has 0 saturated carbocycles. The van der Waals surface area contributed by atoms with E-state index in [0.717, 1.165) is 16.0 Å². The van der Waals surface area contributed by atoms with Crippen LogP contribution in [0.25, 0.3) is 10.2 Å². The summed E-state index contributed by atoms with van der Waals surface area (Å²) in [6, 6.07) is 2.07. The van der Waals surface area contributed by atoms with E-state index in [-0.39, 0.29) is 23.2 Å². The second-order valence-corrected chi connectivity index (χ2v) is 6.18. The predicted molar refractivity (Wildman–Crippen MR) is 79.9 cm³/mol. The highest BCUT2D eigenvalue weighted by Crippen LogP contribution is 2.27. The maximum Gasteiger partial charge on any atom is 0.225 e. The first kappa shape index (κ1) is 13.9. The molecule has 0 aliphatic carbocycles. The van der Waals surface area contributed by atoms with Gasteiger partial charge in [0, 0.05) is 11.3 Å². The van der Waals surface area contributed by atoms with Crippen molar-refractivity contribution in [2.75, 3.05) is 18.2 Å². The van der Waals surface area contributed by atoms with Crippen LogP contribution in [0.2, 0.25) is 5.28 Å². The lowest BCUT2D eigenvalue weighted by molar-refractivity contribution is 0.288. The molecule has 2 rings (SSSR count). The van der Waals surface area contributed by atoms with E-state index in [4.69, 9.17) is 11.6 Å². The Kier molecular flexibility index (Phi) is 4.66. The Labute approximate surface area is 119 Å². The van der Waals surface area contributed by atoms with Crippen LogP contribution in [0, 0.1) is 0 Å². The first-order valence-electron chi connectivity index (χ1n) is 5.46. The highest BCUT2D eigenvalue weighted by molar-refractivity contribution is 7.99. The molecule has 2 N–H and O–H groups in total. The zero-order chi connectivity index (χ0) is 13.1. The molecular formula is C11H14ClN3OS2. The maximum atomic E-state index is 9.28. The molecule has 4 nitrogen and oxygen atoms in total. The van der Waals surface area contributed by atoms with Crippen molar-refractivity contribution in [1.82, 2.24) is 9.97 Å². The lowest BCUT2D eigenvalue weighted by Gasteiger charge is -2.22. The number of aliphatic hydroxyl groups is 1. The summed E-state index contributed by atoms with van der Waals surface area (Å²) in [6.07, 6.45) is 1.98. The monoisotopic (exact) mass is 303 g/mol. The minimum atomic E-state index is 0.0964. The minimum absolute atomic E-state index is 0.0964. The van der Waals surface area contributed by atoms with Gasteiger partial charge in [-0.2, -0.15) is 11.8 Å². The van der Waals surface area contributed by atoms with Crippen molar-refractivity contribution < 1.29 is 5.11 Å². The summed E-state index contributed by atoms with van der Waals surface area (Å²) < 4.78 is 0. The SMILES string of the molecule is CSC(CO)C(C)Nc1nc(Cl)nc2sccc12. The summed E-state index contributed by atoms with van der Waals surface area (Å²) >= 11 is 9.06. The van der Waals surface area contributed by atoms with Crippen molar-refractivity contribution >= 4 is 50.7 Å². The molecule has 0 fully saturated rings. The Hall–Kier alpha value is -0.560. The normalized spacial score (nSPS) is 14.7. The van der Waals surface area contributed by atoms with Crippen molar-refractivity contribution in [3.63, 3.8) is 0 Å². The molecule has 2 atom stereocenters. The number of nitrogens with zero attached hydrogens (tertiary/aromatic N) is 2. The van der Waals surface area contributed by atoms with Gasteiger partial charge < -0.3 is 10.4 Å². The minimum Gasteiger partial charge on any atom is -0.395 e. The molecule has 0 aliphatic heterocycles. The van der Waals surface area contributed by atoms with E-state index in [1.165, 1.54) is 11.3 Å². The third kappa shape index (κ3) is 2.88. The molecule has 2 unspecified atom stereocenters. The average Bonchev–Trinajstić information content (AvgIpc) is 2.78. The quantitative estimate of drug-likeness (QED) is 0.832. The average molecular weight is 304 g/mol. The molecule has 0 spiro atoms. The number of aliphatic hydroxyl groups excluding tert-OH is 1.